The minimum Gasteiger partial charge on any atom is -0.469 e. The summed E-state index contributed by atoms with van der Waals surface area (Å²) in [6.45, 7) is 4.67. The Morgan fingerprint density at radius 1 is 1.29 bits per heavy atom. The summed E-state index contributed by atoms with van der Waals surface area (Å²) in [4.78, 5) is 12.0. The third-order valence-corrected chi connectivity index (χ3v) is 4.95. The van der Waals surface area contributed by atoms with Crippen LogP contribution >= 0.6 is 0 Å². The van der Waals surface area contributed by atoms with Gasteiger partial charge in [-0.3, -0.25) is 4.79 Å². The Labute approximate surface area is 124 Å². The zero-order valence-electron chi connectivity index (χ0n) is 12.4. The van der Waals surface area contributed by atoms with Gasteiger partial charge >= 0.3 is 12.1 Å². The zero-order valence-corrected chi connectivity index (χ0v) is 13.2. The summed E-state index contributed by atoms with van der Waals surface area (Å²) in [7, 11) is -0.908. The standard InChI is InChI=1S/C13H20F3NO3S/c1-11(2,3)21(19)17-9(13(14,15)16)12(10(18)20-4)7-5-6-8-12/h5-6,9,17H,7-8H2,1-4H3/t9-,21?/m0/s1. The largest absolute Gasteiger partial charge is 0.469 e. The van der Waals surface area contributed by atoms with E-state index in [1.54, 1.807) is 20.8 Å². The number of carbonyl (C=O) groups excluding carboxylic acids is 1. The first-order valence-corrected chi connectivity index (χ1v) is 7.58. The van der Waals surface area contributed by atoms with Crippen LogP contribution in [0.5, 0.6) is 0 Å². The normalized spacial score (nSPS) is 21.1. The number of allylic oxidation sites excluding steroid dienone is 2. The Hall–Kier alpha value is -0.890. The molecule has 0 saturated heterocycles. The third kappa shape index (κ3) is 3.85. The average molecular weight is 327 g/mol. The lowest BCUT2D eigenvalue weighted by atomic mass is 9.78. The fourth-order valence-corrected chi connectivity index (χ4v) is 3.10. The fraction of sp³-hybridized carbons (Fsp3) is 0.769. The zero-order chi connectivity index (χ0) is 16.5. The van der Waals surface area contributed by atoms with Gasteiger partial charge in [-0.2, -0.15) is 13.2 Å². The van der Waals surface area contributed by atoms with Crippen molar-refractivity contribution in [3.8, 4) is 0 Å². The quantitative estimate of drug-likeness (QED) is 0.637. The average Bonchev–Trinajstić information content (AvgIpc) is 2.82. The molecule has 122 valence electrons. The van der Waals surface area contributed by atoms with Crippen LogP contribution < -0.4 is 4.72 Å². The van der Waals surface area contributed by atoms with Crippen LogP contribution in [-0.4, -0.2) is 34.3 Å². The number of methoxy groups -OCH3 is 1. The van der Waals surface area contributed by atoms with Gasteiger partial charge in [0.05, 0.1) is 28.3 Å². The van der Waals surface area contributed by atoms with E-state index in [0.29, 0.717) is 0 Å². The summed E-state index contributed by atoms with van der Waals surface area (Å²) < 4.78 is 58.1. The van der Waals surface area contributed by atoms with Gasteiger partial charge in [-0.15, -0.1) is 0 Å². The minimum atomic E-state index is -4.72. The summed E-state index contributed by atoms with van der Waals surface area (Å²) in [6.07, 6.45) is -1.90. The first kappa shape index (κ1) is 18.2. The molecule has 0 aromatic heterocycles. The van der Waals surface area contributed by atoms with E-state index >= 15 is 0 Å². The van der Waals surface area contributed by atoms with Gasteiger partial charge in [-0.1, -0.05) is 12.2 Å². The molecule has 1 aliphatic carbocycles. The van der Waals surface area contributed by atoms with Gasteiger partial charge in [0.15, 0.2) is 0 Å². The van der Waals surface area contributed by atoms with Gasteiger partial charge in [0, 0.05) is 0 Å². The van der Waals surface area contributed by atoms with Crippen LogP contribution in [0, 0.1) is 5.41 Å². The van der Waals surface area contributed by atoms with E-state index in [1.165, 1.54) is 12.2 Å². The summed E-state index contributed by atoms with van der Waals surface area (Å²) >= 11 is 0. The second-order valence-corrected chi connectivity index (χ2v) is 8.00. The van der Waals surface area contributed by atoms with Crippen molar-refractivity contribution in [3.63, 3.8) is 0 Å². The van der Waals surface area contributed by atoms with Crippen LogP contribution in [0.1, 0.15) is 33.6 Å². The van der Waals surface area contributed by atoms with Crippen LogP contribution in [0.25, 0.3) is 0 Å². The smallest absolute Gasteiger partial charge is 0.405 e. The molecule has 1 aliphatic rings. The molecule has 2 atom stereocenters. The molecule has 0 aliphatic heterocycles. The van der Waals surface area contributed by atoms with E-state index in [-0.39, 0.29) is 12.8 Å². The lowest BCUT2D eigenvalue weighted by molar-refractivity contribution is -0.192. The number of esters is 1. The van der Waals surface area contributed by atoms with Crippen molar-refractivity contribution >= 4 is 17.0 Å². The number of nitrogens with one attached hydrogen (secondary N) is 1. The predicted octanol–water partition coefficient (Wildman–Crippen LogP) is 2.48. The van der Waals surface area contributed by atoms with Gasteiger partial charge < -0.3 is 4.74 Å². The number of carbonyl (C=O) groups is 1. The maximum atomic E-state index is 13.4. The number of hydrogen-bond donors (Lipinski definition) is 1. The van der Waals surface area contributed by atoms with Crippen molar-refractivity contribution in [2.45, 2.75) is 50.6 Å². The van der Waals surface area contributed by atoms with Crippen molar-refractivity contribution in [2.75, 3.05) is 7.11 Å². The Kier molecular flexibility index (Phi) is 5.26. The van der Waals surface area contributed by atoms with E-state index in [4.69, 9.17) is 0 Å². The SMILES string of the molecule is COC(=O)C1([C@H](NS(=O)C(C)(C)C)C(F)(F)F)CC=CC1. The second kappa shape index (κ2) is 6.08. The van der Waals surface area contributed by atoms with Crippen LogP contribution in [0.2, 0.25) is 0 Å². The van der Waals surface area contributed by atoms with Crippen LogP contribution in [-0.2, 0) is 20.5 Å². The highest BCUT2D eigenvalue weighted by molar-refractivity contribution is 7.84. The molecule has 0 bridgehead atoms. The number of hydrogen-bond acceptors (Lipinski definition) is 3. The Bertz CT molecular complexity index is 447. The molecule has 1 N–H and O–H groups in total. The number of rotatable bonds is 4. The van der Waals surface area contributed by atoms with Gasteiger partial charge in [-0.25, -0.2) is 8.93 Å². The highest BCUT2D eigenvalue weighted by atomic mass is 32.2. The van der Waals surface area contributed by atoms with Crippen molar-refractivity contribution < 1.29 is 26.9 Å². The molecule has 0 spiro atoms. The number of ether oxygens (including phenoxy) is 1. The fourth-order valence-electron chi connectivity index (χ4n) is 2.17. The topological polar surface area (TPSA) is 55.4 Å². The number of alkyl halides is 3. The van der Waals surface area contributed by atoms with Gasteiger partial charge in [0.2, 0.25) is 0 Å². The predicted molar refractivity (Wildman–Crippen MR) is 73.7 cm³/mol. The first-order valence-electron chi connectivity index (χ1n) is 6.43. The van der Waals surface area contributed by atoms with E-state index in [9.17, 15) is 22.2 Å². The molecule has 0 aromatic carbocycles. The number of halogens is 3. The molecule has 4 nitrogen and oxygen atoms in total. The van der Waals surface area contributed by atoms with E-state index < -0.39 is 39.3 Å². The lowest BCUT2D eigenvalue weighted by Gasteiger charge is -2.37. The second-order valence-electron chi connectivity index (χ2n) is 6.00. The minimum absolute atomic E-state index is 0.0990. The molecule has 0 heterocycles. The summed E-state index contributed by atoms with van der Waals surface area (Å²) in [6, 6.07) is -2.23. The summed E-state index contributed by atoms with van der Waals surface area (Å²) in [5.41, 5.74) is -1.80. The van der Waals surface area contributed by atoms with Crippen molar-refractivity contribution in [1.82, 2.24) is 4.72 Å². The van der Waals surface area contributed by atoms with Gasteiger partial charge in [0.1, 0.15) is 6.04 Å². The molecular formula is C13H20F3NO3S. The molecule has 0 fully saturated rings. The Morgan fingerprint density at radius 2 is 1.76 bits per heavy atom. The summed E-state index contributed by atoms with van der Waals surface area (Å²) in [5.74, 6) is -0.951. The molecule has 0 amide bonds. The summed E-state index contributed by atoms with van der Waals surface area (Å²) in [5, 5.41) is 0. The van der Waals surface area contributed by atoms with Crippen molar-refractivity contribution in [3.05, 3.63) is 12.2 Å². The highest BCUT2D eigenvalue weighted by Crippen LogP contribution is 2.44. The van der Waals surface area contributed by atoms with E-state index in [2.05, 4.69) is 9.46 Å². The lowest BCUT2D eigenvalue weighted by Crippen LogP contribution is -2.59. The molecule has 0 aromatic rings. The van der Waals surface area contributed by atoms with Crippen LogP contribution in [0.15, 0.2) is 12.2 Å². The molecule has 21 heavy (non-hydrogen) atoms. The molecule has 8 heteroatoms. The van der Waals surface area contributed by atoms with Crippen LogP contribution in [0.3, 0.4) is 0 Å². The Balaban J connectivity index is 3.18. The molecule has 1 unspecified atom stereocenters. The Morgan fingerprint density at radius 3 is 2.10 bits per heavy atom. The highest BCUT2D eigenvalue weighted by Gasteiger charge is 2.59. The van der Waals surface area contributed by atoms with E-state index in [1.807, 2.05) is 0 Å². The van der Waals surface area contributed by atoms with Crippen molar-refractivity contribution in [2.24, 2.45) is 5.41 Å². The monoisotopic (exact) mass is 327 g/mol. The third-order valence-electron chi connectivity index (χ3n) is 3.38. The maximum Gasteiger partial charge on any atom is 0.405 e. The van der Waals surface area contributed by atoms with Crippen LogP contribution in [0.4, 0.5) is 13.2 Å². The molecule has 0 saturated carbocycles. The van der Waals surface area contributed by atoms with Gasteiger partial charge in [-0.05, 0) is 33.6 Å². The molecule has 1 rings (SSSR count). The maximum absolute atomic E-state index is 13.4. The first-order chi connectivity index (χ1) is 9.45. The van der Waals surface area contributed by atoms with Crippen molar-refractivity contribution in [1.29, 1.82) is 0 Å². The molecular weight excluding hydrogens is 307 g/mol. The molecule has 0 radical (unpaired) electrons. The van der Waals surface area contributed by atoms with E-state index in [0.717, 1.165) is 7.11 Å². The van der Waals surface area contributed by atoms with Gasteiger partial charge in [0.25, 0.3) is 0 Å².